The maximum atomic E-state index is 12.8. The zero-order chi connectivity index (χ0) is 34.5. The lowest BCUT2D eigenvalue weighted by Crippen LogP contribution is -2.16. The molecule has 0 aromatic heterocycles. The monoisotopic (exact) mass is 724 g/mol. The molecular formula is C38H36Cl4N2O4. The second-order valence-corrected chi connectivity index (χ2v) is 12.8. The molecule has 0 saturated heterocycles. The van der Waals surface area contributed by atoms with E-state index in [4.69, 9.17) is 66.1 Å². The number of hydrogen-bond donors (Lipinski definition) is 0. The number of halogens is 4. The first kappa shape index (κ1) is 37.1. The average molecular weight is 727 g/mol. The van der Waals surface area contributed by atoms with Crippen molar-refractivity contribution in [1.29, 1.82) is 0 Å². The van der Waals surface area contributed by atoms with Gasteiger partial charge in [-0.1, -0.05) is 94.9 Å². The molecule has 0 heterocycles. The van der Waals surface area contributed by atoms with Crippen LogP contribution in [-0.2, 0) is 19.1 Å². The number of esters is 2. The molecular weight excluding hydrogens is 690 g/mol. The smallest absolute Gasteiger partial charge is 0.306 e. The number of benzene rings is 4. The van der Waals surface area contributed by atoms with Crippen molar-refractivity contribution in [3.8, 4) is 0 Å². The standard InChI is InChI=1S/C38H36Cl4N2O4/c1-3-47-37(45)23-29(25-5-13-31(39)14-6-25)21-35(27-9-17-33(41)18-10-27)43-44-36(28-11-19-34(42)20-12-28)22-30(24-38(46)48-4-2)26-7-15-32(40)16-8-26/h5-20,29-30H,3-4,21-24H2,1-2H3/b43-35+,44-36+. The second-order valence-electron chi connectivity index (χ2n) is 11.0. The third-order valence-corrected chi connectivity index (χ3v) is 8.65. The van der Waals surface area contributed by atoms with Gasteiger partial charge < -0.3 is 9.47 Å². The summed E-state index contributed by atoms with van der Waals surface area (Å²) >= 11 is 24.9. The number of rotatable bonds is 15. The molecule has 0 bridgehead atoms. The van der Waals surface area contributed by atoms with E-state index in [1.54, 1.807) is 62.4 Å². The van der Waals surface area contributed by atoms with Gasteiger partial charge in [0.25, 0.3) is 0 Å². The highest BCUT2D eigenvalue weighted by Gasteiger charge is 2.23. The van der Waals surface area contributed by atoms with Crippen LogP contribution in [0.3, 0.4) is 0 Å². The predicted molar refractivity (Wildman–Crippen MR) is 196 cm³/mol. The first-order valence-electron chi connectivity index (χ1n) is 15.6. The van der Waals surface area contributed by atoms with Crippen molar-refractivity contribution < 1.29 is 19.1 Å². The molecule has 4 aromatic rings. The van der Waals surface area contributed by atoms with E-state index in [9.17, 15) is 9.59 Å². The maximum absolute atomic E-state index is 12.8. The molecule has 6 nitrogen and oxygen atoms in total. The average Bonchev–Trinajstić information content (AvgIpc) is 3.07. The predicted octanol–water partition coefficient (Wildman–Crippen LogP) is 10.7. The molecule has 0 aliphatic rings. The molecule has 10 heteroatoms. The summed E-state index contributed by atoms with van der Waals surface area (Å²) in [5, 5.41) is 12.0. The largest absolute Gasteiger partial charge is 0.466 e. The lowest BCUT2D eigenvalue weighted by molar-refractivity contribution is -0.144. The Labute approximate surface area is 301 Å². The number of hydrogen-bond acceptors (Lipinski definition) is 6. The fraction of sp³-hybridized carbons (Fsp3) is 0.263. The Morgan fingerprint density at radius 1 is 0.500 bits per heavy atom. The maximum Gasteiger partial charge on any atom is 0.306 e. The summed E-state index contributed by atoms with van der Waals surface area (Å²) in [7, 11) is 0. The van der Waals surface area contributed by atoms with Gasteiger partial charge in [-0.3, -0.25) is 9.59 Å². The Bertz CT molecular complexity index is 1580. The topological polar surface area (TPSA) is 77.3 Å². The van der Waals surface area contributed by atoms with Crippen molar-refractivity contribution in [1.82, 2.24) is 0 Å². The highest BCUT2D eigenvalue weighted by molar-refractivity contribution is 6.31. The Morgan fingerprint density at radius 3 is 1.08 bits per heavy atom. The van der Waals surface area contributed by atoms with E-state index in [-0.39, 0.29) is 49.8 Å². The SMILES string of the molecule is CCOC(=O)CC(C/C(=N\N=C(/CC(CC(=O)OCC)c1ccc(Cl)cc1)c1ccc(Cl)cc1)c1ccc(Cl)cc1)c1ccc(Cl)cc1. The minimum absolute atomic E-state index is 0.133. The third kappa shape index (κ3) is 11.5. The Kier molecular flexibility index (Phi) is 14.5. The van der Waals surface area contributed by atoms with Crippen LogP contribution in [-0.4, -0.2) is 36.6 Å². The van der Waals surface area contributed by atoms with Crippen LogP contribution >= 0.6 is 46.4 Å². The van der Waals surface area contributed by atoms with Gasteiger partial charge in [0, 0.05) is 20.1 Å². The molecule has 0 aliphatic heterocycles. The van der Waals surface area contributed by atoms with E-state index in [1.165, 1.54) is 0 Å². The highest BCUT2D eigenvalue weighted by Crippen LogP contribution is 2.30. The van der Waals surface area contributed by atoms with Crippen molar-refractivity contribution in [2.75, 3.05) is 13.2 Å². The summed E-state index contributed by atoms with van der Waals surface area (Å²) in [4.78, 5) is 25.5. The molecule has 0 radical (unpaired) electrons. The summed E-state index contributed by atoms with van der Waals surface area (Å²) in [5.41, 5.74) is 4.68. The van der Waals surface area contributed by atoms with Gasteiger partial charge in [-0.2, -0.15) is 10.2 Å². The van der Waals surface area contributed by atoms with Gasteiger partial charge in [0.05, 0.1) is 37.5 Å². The molecule has 2 atom stereocenters. The van der Waals surface area contributed by atoms with E-state index in [2.05, 4.69) is 0 Å². The Balaban J connectivity index is 1.82. The van der Waals surface area contributed by atoms with Crippen molar-refractivity contribution in [3.05, 3.63) is 139 Å². The van der Waals surface area contributed by atoms with Gasteiger partial charge in [-0.25, -0.2) is 0 Å². The molecule has 4 aromatic carbocycles. The van der Waals surface area contributed by atoms with Crippen LogP contribution in [0.1, 0.15) is 73.6 Å². The van der Waals surface area contributed by atoms with Crippen molar-refractivity contribution in [3.63, 3.8) is 0 Å². The van der Waals surface area contributed by atoms with E-state index >= 15 is 0 Å². The number of carbonyl (C=O) groups is 2. The fourth-order valence-corrected chi connectivity index (χ4v) is 5.74. The molecule has 0 spiro atoms. The summed E-state index contributed by atoms with van der Waals surface area (Å²) in [5.74, 6) is -1.20. The van der Waals surface area contributed by atoms with Crippen molar-refractivity contribution >= 4 is 69.8 Å². The molecule has 48 heavy (non-hydrogen) atoms. The molecule has 0 saturated carbocycles. The van der Waals surface area contributed by atoms with Gasteiger partial charge in [0.2, 0.25) is 0 Å². The first-order valence-corrected chi connectivity index (χ1v) is 17.1. The first-order chi connectivity index (χ1) is 23.1. The summed E-state index contributed by atoms with van der Waals surface area (Å²) < 4.78 is 10.6. The number of nitrogens with zero attached hydrogens (tertiary/aromatic N) is 2. The molecule has 2 unspecified atom stereocenters. The second kappa shape index (κ2) is 18.8. The lowest BCUT2D eigenvalue weighted by Gasteiger charge is -2.19. The lowest BCUT2D eigenvalue weighted by atomic mass is 9.88. The van der Waals surface area contributed by atoms with Crippen LogP contribution in [0.5, 0.6) is 0 Å². The summed E-state index contributed by atoms with van der Waals surface area (Å²) in [6.07, 6.45) is 0.994. The normalized spacial score (nSPS) is 13.1. The summed E-state index contributed by atoms with van der Waals surface area (Å²) in [6.45, 7) is 4.11. The Hall–Kier alpha value is -3.68. The van der Waals surface area contributed by atoms with Gasteiger partial charge in [0.15, 0.2) is 0 Å². The van der Waals surface area contributed by atoms with Crippen LogP contribution in [0.25, 0.3) is 0 Å². The zero-order valence-corrected chi connectivity index (χ0v) is 29.7. The third-order valence-electron chi connectivity index (χ3n) is 7.65. The minimum atomic E-state index is -0.317. The molecule has 0 amide bonds. The molecule has 0 N–H and O–H groups in total. The summed E-state index contributed by atoms with van der Waals surface area (Å²) in [6, 6.07) is 29.4. The fourth-order valence-electron chi connectivity index (χ4n) is 5.23. The molecule has 250 valence electrons. The molecule has 0 fully saturated rings. The van der Waals surface area contributed by atoms with Gasteiger partial charge in [-0.15, -0.1) is 0 Å². The van der Waals surface area contributed by atoms with Crippen LogP contribution in [0.4, 0.5) is 0 Å². The number of carbonyl (C=O) groups excluding carboxylic acids is 2. The van der Waals surface area contributed by atoms with E-state index in [0.29, 0.717) is 44.4 Å². The van der Waals surface area contributed by atoms with Crippen LogP contribution < -0.4 is 0 Å². The van der Waals surface area contributed by atoms with Crippen molar-refractivity contribution in [2.24, 2.45) is 10.2 Å². The highest BCUT2D eigenvalue weighted by atomic mass is 35.5. The van der Waals surface area contributed by atoms with Crippen LogP contribution in [0.15, 0.2) is 107 Å². The van der Waals surface area contributed by atoms with E-state index in [0.717, 1.165) is 22.3 Å². The van der Waals surface area contributed by atoms with E-state index in [1.807, 2.05) is 48.5 Å². The van der Waals surface area contributed by atoms with Gasteiger partial charge >= 0.3 is 11.9 Å². The van der Waals surface area contributed by atoms with Crippen LogP contribution in [0.2, 0.25) is 20.1 Å². The quantitative estimate of drug-likeness (QED) is 0.0694. The minimum Gasteiger partial charge on any atom is -0.466 e. The zero-order valence-electron chi connectivity index (χ0n) is 26.7. The van der Waals surface area contributed by atoms with Crippen molar-refractivity contribution in [2.45, 2.75) is 51.4 Å². The molecule has 0 aliphatic carbocycles. The Morgan fingerprint density at radius 2 is 0.792 bits per heavy atom. The number of ether oxygens (including phenoxy) is 2. The molecule has 4 rings (SSSR count). The van der Waals surface area contributed by atoms with Crippen LogP contribution in [0, 0.1) is 0 Å². The van der Waals surface area contributed by atoms with E-state index < -0.39 is 0 Å². The van der Waals surface area contributed by atoms with Gasteiger partial charge in [-0.05, 0) is 109 Å². The van der Waals surface area contributed by atoms with Gasteiger partial charge in [0.1, 0.15) is 0 Å².